The van der Waals surface area contributed by atoms with Gasteiger partial charge in [0.05, 0.1) is 20.4 Å². The van der Waals surface area contributed by atoms with Crippen LogP contribution in [0.5, 0.6) is 34.9 Å². The average molecular weight is 422 g/mol. The predicted octanol–water partition coefficient (Wildman–Crippen LogP) is 4.24. The molecular formula is C23H26N4O4. The molecule has 4 rings (SSSR count). The maximum Gasteiger partial charge on any atom is 0.325 e. The summed E-state index contributed by atoms with van der Waals surface area (Å²) in [6.45, 7) is 1.81. The van der Waals surface area contributed by atoms with E-state index < -0.39 is 0 Å². The summed E-state index contributed by atoms with van der Waals surface area (Å²) in [6, 6.07) is 15.2. The summed E-state index contributed by atoms with van der Waals surface area (Å²) in [5, 5.41) is 6.86. The van der Waals surface area contributed by atoms with E-state index >= 15 is 0 Å². The predicted molar refractivity (Wildman–Crippen MR) is 118 cm³/mol. The summed E-state index contributed by atoms with van der Waals surface area (Å²) in [4.78, 5) is 8.84. The van der Waals surface area contributed by atoms with Crippen molar-refractivity contribution in [3.8, 4) is 34.9 Å². The zero-order chi connectivity index (χ0) is 21.5. The first-order chi connectivity index (χ1) is 15.2. The molecule has 31 heavy (non-hydrogen) atoms. The summed E-state index contributed by atoms with van der Waals surface area (Å²) in [5.41, 5.74) is 0.701. The Morgan fingerprint density at radius 1 is 0.903 bits per heavy atom. The summed E-state index contributed by atoms with van der Waals surface area (Å²) < 4.78 is 22.2. The zero-order valence-electron chi connectivity index (χ0n) is 17.6. The van der Waals surface area contributed by atoms with Gasteiger partial charge in [0.15, 0.2) is 0 Å². The number of anilines is 1. The molecular weight excluding hydrogens is 396 g/mol. The summed E-state index contributed by atoms with van der Waals surface area (Å²) in [5.74, 6) is 3.13. The Balaban J connectivity index is 1.53. The Labute approximate surface area is 181 Å². The lowest BCUT2D eigenvalue weighted by Gasteiger charge is -2.16. The van der Waals surface area contributed by atoms with Crippen LogP contribution >= 0.6 is 0 Å². The van der Waals surface area contributed by atoms with Crippen LogP contribution in [0.25, 0.3) is 0 Å². The van der Waals surface area contributed by atoms with Gasteiger partial charge >= 0.3 is 6.01 Å². The third kappa shape index (κ3) is 5.55. The fourth-order valence-electron chi connectivity index (χ4n) is 3.27. The van der Waals surface area contributed by atoms with Crippen molar-refractivity contribution in [1.29, 1.82) is 0 Å². The van der Waals surface area contributed by atoms with Gasteiger partial charge in [-0.15, -0.1) is 0 Å². The first-order valence-corrected chi connectivity index (χ1v) is 10.2. The minimum atomic E-state index is 0.193. The fourth-order valence-corrected chi connectivity index (χ4v) is 3.27. The lowest BCUT2D eigenvalue weighted by Crippen LogP contribution is -2.29. The number of methoxy groups -OCH3 is 2. The Kier molecular flexibility index (Phi) is 6.68. The second-order valence-corrected chi connectivity index (χ2v) is 7.10. The molecule has 8 nitrogen and oxygen atoms in total. The molecule has 162 valence electrons. The number of nitrogens with one attached hydrogen (secondary N) is 2. The van der Waals surface area contributed by atoms with Gasteiger partial charge < -0.3 is 29.6 Å². The summed E-state index contributed by atoms with van der Waals surface area (Å²) >= 11 is 0. The third-order valence-corrected chi connectivity index (χ3v) is 4.98. The average Bonchev–Trinajstić information content (AvgIpc) is 3.33. The molecule has 0 bridgehead atoms. The van der Waals surface area contributed by atoms with Gasteiger partial charge in [0.1, 0.15) is 28.7 Å². The first kappa shape index (κ1) is 20.7. The molecule has 0 amide bonds. The highest BCUT2D eigenvalue weighted by molar-refractivity contribution is 5.53. The van der Waals surface area contributed by atoms with E-state index in [0.29, 0.717) is 29.1 Å². The molecule has 1 saturated heterocycles. The Hall–Kier alpha value is -3.52. The van der Waals surface area contributed by atoms with Crippen molar-refractivity contribution in [3.05, 3.63) is 54.7 Å². The van der Waals surface area contributed by atoms with Gasteiger partial charge in [-0.3, -0.25) is 0 Å². The molecule has 0 radical (unpaired) electrons. The molecule has 8 heteroatoms. The second kappa shape index (κ2) is 9.99. The normalized spacial score (nSPS) is 15.4. The van der Waals surface area contributed by atoms with Gasteiger partial charge in [-0.05, 0) is 67.9 Å². The van der Waals surface area contributed by atoms with Crippen LogP contribution in [0.4, 0.5) is 5.69 Å². The van der Waals surface area contributed by atoms with E-state index in [1.54, 1.807) is 32.5 Å². The molecule has 2 N–H and O–H groups in total. The largest absolute Gasteiger partial charge is 0.497 e. The topological polar surface area (TPSA) is 86.8 Å². The Morgan fingerprint density at radius 3 is 2.10 bits per heavy atom. The molecule has 1 aromatic heterocycles. The highest BCUT2D eigenvalue weighted by Gasteiger charge is 2.16. The van der Waals surface area contributed by atoms with E-state index in [1.807, 2.05) is 36.4 Å². The maximum atomic E-state index is 6.05. The lowest BCUT2D eigenvalue weighted by atomic mass is 10.2. The van der Waals surface area contributed by atoms with Gasteiger partial charge in [-0.2, -0.15) is 4.98 Å². The maximum absolute atomic E-state index is 6.05. The van der Waals surface area contributed by atoms with Crippen molar-refractivity contribution < 1.29 is 18.9 Å². The van der Waals surface area contributed by atoms with Crippen LogP contribution < -0.4 is 29.6 Å². The highest BCUT2D eigenvalue weighted by atomic mass is 16.5. The van der Waals surface area contributed by atoms with Crippen molar-refractivity contribution in [3.63, 3.8) is 0 Å². The molecule has 3 aromatic rings. The molecule has 1 aliphatic heterocycles. The van der Waals surface area contributed by atoms with Crippen molar-refractivity contribution in [2.45, 2.75) is 18.9 Å². The molecule has 0 unspecified atom stereocenters. The minimum Gasteiger partial charge on any atom is -0.497 e. The lowest BCUT2D eigenvalue weighted by molar-refractivity contribution is 0.402. The number of hydrogen-bond acceptors (Lipinski definition) is 8. The minimum absolute atomic E-state index is 0.193. The van der Waals surface area contributed by atoms with E-state index in [1.165, 1.54) is 6.42 Å². The number of rotatable bonds is 9. The molecule has 1 atom stereocenters. The van der Waals surface area contributed by atoms with E-state index in [2.05, 4.69) is 20.6 Å². The Bertz CT molecular complexity index is 974. The van der Waals surface area contributed by atoms with Crippen molar-refractivity contribution in [2.75, 3.05) is 32.6 Å². The van der Waals surface area contributed by atoms with Crippen molar-refractivity contribution in [1.82, 2.24) is 15.3 Å². The standard InChI is InChI=1S/C23H26N4O4/c1-28-17-5-9-19(10-6-17)30-22-21(25-14-16-4-3-13-24-16)15-26-23(27-22)31-20-11-7-18(29-2)8-12-20/h5-12,15-16,24-25H,3-4,13-14H2,1-2H3/t16-/m1/s1. The number of ether oxygens (including phenoxy) is 4. The van der Waals surface area contributed by atoms with E-state index in [9.17, 15) is 0 Å². The van der Waals surface area contributed by atoms with Gasteiger partial charge in [0.25, 0.3) is 0 Å². The fraction of sp³-hybridized carbons (Fsp3) is 0.304. The second-order valence-electron chi connectivity index (χ2n) is 7.10. The van der Waals surface area contributed by atoms with Crippen molar-refractivity contribution >= 4 is 5.69 Å². The Morgan fingerprint density at radius 2 is 1.52 bits per heavy atom. The van der Waals surface area contributed by atoms with Crippen molar-refractivity contribution in [2.24, 2.45) is 0 Å². The monoisotopic (exact) mass is 422 g/mol. The molecule has 0 saturated carbocycles. The van der Waals surface area contributed by atoms with E-state index in [0.717, 1.165) is 31.0 Å². The molecule has 2 aromatic carbocycles. The molecule has 1 fully saturated rings. The van der Waals surface area contributed by atoms with Gasteiger partial charge in [0.2, 0.25) is 5.88 Å². The van der Waals surface area contributed by atoms with Gasteiger partial charge in [0, 0.05) is 12.6 Å². The molecule has 2 heterocycles. The molecule has 0 spiro atoms. The van der Waals surface area contributed by atoms with Crippen LogP contribution in [0.2, 0.25) is 0 Å². The van der Waals surface area contributed by atoms with Gasteiger partial charge in [-0.1, -0.05) is 0 Å². The summed E-state index contributed by atoms with van der Waals surface area (Å²) in [7, 11) is 3.25. The summed E-state index contributed by atoms with van der Waals surface area (Å²) in [6.07, 6.45) is 4.01. The van der Waals surface area contributed by atoms with E-state index in [-0.39, 0.29) is 6.01 Å². The van der Waals surface area contributed by atoms with Crippen LogP contribution in [0.1, 0.15) is 12.8 Å². The van der Waals surface area contributed by atoms with Gasteiger partial charge in [-0.25, -0.2) is 4.98 Å². The number of benzene rings is 2. The third-order valence-electron chi connectivity index (χ3n) is 4.98. The zero-order valence-corrected chi connectivity index (χ0v) is 17.6. The molecule has 0 aliphatic carbocycles. The first-order valence-electron chi connectivity index (χ1n) is 10.2. The number of aromatic nitrogens is 2. The van der Waals surface area contributed by atoms with Crippen LogP contribution in [-0.2, 0) is 0 Å². The highest BCUT2D eigenvalue weighted by Crippen LogP contribution is 2.31. The quantitative estimate of drug-likeness (QED) is 0.529. The smallest absolute Gasteiger partial charge is 0.325 e. The SMILES string of the molecule is COc1ccc(Oc2ncc(NC[C@H]3CCCN3)c(Oc3ccc(OC)cc3)n2)cc1. The van der Waals surface area contributed by atoms with Crippen LogP contribution in [0.15, 0.2) is 54.7 Å². The van der Waals surface area contributed by atoms with E-state index in [4.69, 9.17) is 18.9 Å². The van der Waals surface area contributed by atoms with Crippen LogP contribution in [0.3, 0.4) is 0 Å². The van der Waals surface area contributed by atoms with Crippen LogP contribution in [-0.4, -0.2) is 43.3 Å². The molecule has 1 aliphatic rings. The van der Waals surface area contributed by atoms with Crippen LogP contribution in [0, 0.1) is 0 Å². The number of nitrogens with zero attached hydrogens (tertiary/aromatic N) is 2. The number of hydrogen-bond donors (Lipinski definition) is 2.